The highest BCUT2D eigenvalue weighted by molar-refractivity contribution is 7.85. The molecule has 0 saturated carbocycles. The summed E-state index contributed by atoms with van der Waals surface area (Å²) >= 11 is 0. The average Bonchev–Trinajstić information content (AvgIpc) is 2.30. The number of nitrogens with one attached hydrogen (secondary N) is 1. The van der Waals surface area contributed by atoms with E-state index >= 15 is 0 Å². The number of morpholine rings is 1. The maximum atomic E-state index is 11.3. The van der Waals surface area contributed by atoms with E-state index in [2.05, 4.69) is 5.32 Å². The Balaban J connectivity index is 2.24. The van der Waals surface area contributed by atoms with Crippen molar-refractivity contribution in [3.05, 3.63) is 29.3 Å². The van der Waals surface area contributed by atoms with Crippen LogP contribution in [0.5, 0.6) is 0 Å². The predicted molar refractivity (Wildman–Crippen MR) is 67.4 cm³/mol. The Morgan fingerprint density at radius 2 is 2.21 bits per heavy atom. The fraction of sp³-hybridized carbons (Fsp3) is 0.417. The molecule has 1 aromatic carbocycles. The van der Waals surface area contributed by atoms with Gasteiger partial charge in [0.1, 0.15) is 6.61 Å². The Kier molecular flexibility index (Phi) is 3.88. The Morgan fingerprint density at radius 3 is 2.79 bits per heavy atom. The molecule has 0 aliphatic carbocycles. The maximum absolute atomic E-state index is 11.3. The molecular formula is C12H15NO5S. The number of benzene rings is 1. The van der Waals surface area contributed by atoms with Gasteiger partial charge in [-0.3, -0.25) is 9.35 Å². The van der Waals surface area contributed by atoms with Gasteiger partial charge in [0.15, 0.2) is 0 Å². The van der Waals surface area contributed by atoms with Crippen molar-refractivity contribution in [2.24, 2.45) is 0 Å². The van der Waals surface area contributed by atoms with E-state index in [-0.39, 0.29) is 23.5 Å². The zero-order valence-electron chi connectivity index (χ0n) is 10.4. The van der Waals surface area contributed by atoms with E-state index in [9.17, 15) is 17.8 Å². The number of hydrogen-bond donors (Lipinski definition) is 2. The monoisotopic (exact) mass is 285 g/mol. The number of hydrogen-bond acceptors (Lipinski definition) is 4. The molecule has 1 fully saturated rings. The Bertz CT molecular complexity index is 586. The summed E-state index contributed by atoms with van der Waals surface area (Å²) < 4.78 is 37.1. The summed E-state index contributed by atoms with van der Waals surface area (Å²) in [6.07, 6.45) is 0.0249. The Labute approximate surface area is 111 Å². The molecule has 0 spiro atoms. The minimum absolute atomic E-state index is 0.0301. The van der Waals surface area contributed by atoms with Gasteiger partial charge >= 0.3 is 0 Å². The van der Waals surface area contributed by atoms with E-state index in [1.165, 1.54) is 6.07 Å². The van der Waals surface area contributed by atoms with Crippen LogP contribution in [0.1, 0.15) is 11.1 Å². The third kappa shape index (κ3) is 3.52. The van der Waals surface area contributed by atoms with Crippen molar-refractivity contribution < 1.29 is 22.5 Å². The Hall–Kier alpha value is -1.44. The van der Waals surface area contributed by atoms with Crippen LogP contribution >= 0.6 is 0 Å². The molecule has 2 rings (SSSR count). The summed E-state index contributed by atoms with van der Waals surface area (Å²) in [5.74, 6) is -0.185. The van der Waals surface area contributed by atoms with Gasteiger partial charge in [-0.15, -0.1) is 0 Å². The van der Waals surface area contributed by atoms with Crippen LogP contribution in [-0.4, -0.2) is 38.1 Å². The molecule has 1 heterocycles. The summed E-state index contributed by atoms with van der Waals surface area (Å²) in [4.78, 5) is 10.9. The maximum Gasteiger partial charge on any atom is 0.294 e. The first kappa shape index (κ1) is 14.0. The highest BCUT2D eigenvalue weighted by atomic mass is 32.2. The largest absolute Gasteiger partial charge is 0.366 e. The lowest BCUT2D eigenvalue weighted by Gasteiger charge is -2.23. The minimum atomic E-state index is -4.25. The van der Waals surface area contributed by atoms with Gasteiger partial charge in [-0.05, 0) is 18.6 Å². The molecule has 19 heavy (non-hydrogen) atoms. The second-order valence-electron chi connectivity index (χ2n) is 4.53. The molecule has 1 amide bonds. The highest BCUT2D eigenvalue weighted by Crippen LogP contribution is 2.20. The molecule has 0 bridgehead atoms. The van der Waals surface area contributed by atoms with Crippen LogP contribution in [0.2, 0.25) is 0 Å². The number of rotatable bonds is 3. The molecule has 1 unspecified atom stereocenters. The standard InChI is InChI=1S/C12H15NO5S/c1-8-2-3-11(19(15,16)17)9(4-8)5-10-6-13-12(14)7-18-10/h2-4,10H,5-7H2,1H3,(H,13,14)(H,15,16,17). The molecule has 2 N–H and O–H groups in total. The summed E-state index contributed by atoms with van der Waals surface area (Å²) in [5, 5.41) is 2.65. The van der Waals surface area contributed by atoms with Gasteiger partial charge in [-0.25, -0.2) is 0 Å². The van der Waals surface area contributed by atoms with Crippen molar-refractivity contribution in [3.8, 4) is 0 Å². The normalized spacial score (nSPS) is 20.1. The molecule has 7 heteroatoms. The predicted octanol–water partition coefficient (Wildman–Crippen LogP) is 0.299. The fourth-order valence-corrected chi connectivity index (χ4v) is 2.74. The van der Waals surface area contributed by atoms with Gasteiger partial charge in [0.25, 0.3) is 10.1 Å². The lowest BCUT2D eigenvalue weighted by molar-refractivity contribution is -0.133. The van der Waals surface area contributed by atoms with Crippen molar-refractivity contribution in [1.82, 2.24) is 5.32 Å². The van der Waals surface area contributed by atoms with Crippen molar-refractivity contribution in [2.75, 3.05) is 13.2 Å². The first-order valence-electron chi connectivity index (χ1n) is 5.81. The molecule has 1 aliphatic heterocycles. The lowest BCUT2D eigenvalue weighted by atomic mass is 10.0. The van der Waals surface area contributed by atoms with Crippen LogP contribution in [0.15, 0.2) is 23.1 Å². The lowest BCUT2D eigenvalue weighted by Crippen LogP contribution is -2.43. The van der Waals surface area contributed by atoms with Gasteiger partial charge in [0.05, 0.1) is 11.0 Å². The molecule has 6 nitrogen and oxygen atoms in total. The van der Waals surface area contributed by atoms with Crippen molar-refractivity contribution in [3.63, 3.8) is 0 Å². The Morgan fingerprint density at radius 1 is 1.47 bits per heavy atom. The summed E-state index contributed by atoms with van der Waals surface area (Å²) in [5.41, 5.74) is 1.38. The third-order valence-electron chi connectivity index (χ3n) is 2.92. The zero-order valence-corrected chi connectivity index (χ0v) is 11.2. The van der Waals surface area contributed by atoms with Gasteiger partial charge < -0.3 is 10.1 Å². The van der Waals surface area contributed by atoms with Crippen molar-refractivity contribution >= 4 is 16.0 Å². The van der Waals surface area contributed by atoms with E-state index < -0.39 is 10.1 Å². The minimum Gasteiger partial charge on any atom is -0.366 e. The molecule has 0 aromatic heterocycles. The summed E-state index contributed by atoms with van der Waals surface area (Å²) in [7, 11) is -4.25. The van der Waals surface area contributed by atoms with E-state index in [1.807, 2.05) is 6.92 Å². The number of amides is 1. The topological polar surface area (TPSA) is 92.7 Å². The fourth-order valence-electron chi connectivity index (χ4n) is 2.03. The van der Waals surface area contributed by atoms with Gasteiger partial charge in [0, 0.05) is 13.0 Å². The van der Waals surface area contributed by atoms with Gasteiger partial charge in [-0.1, -0.05) is 17.7 Å². The first-order valence-corrected chi connectivity index (χ1v) is 7.25. The SMILES string of the molecule is Cc1ccc(S(=O)(=O)O)c(CC2CNC(=O)CO2)c1. The molecule has 1 aromatic rings. The first-order chi connectivity index (χ1) is 8.86. The highest BCUT2D eigenvalue weighted by Gasteiger charge is 2.22. The molecule has 104 valence electrons. The van der Waals surface area contributed by atoms with E-state index in [4.69, 9.17) is 4.74 Å². The molecular weight excluding hydrogens is 270 g/mol. The van der Waals surface area contributed by atoms with Gasteiger partial charge in [-0.2, -0.15) is 8.42 Å². The average molecular weight is 285 g/mol. The zero-order chi connectivity index (χ0) is 14.0. The van der Waals surface area contributed by atoms with Crippen LogP contribution in [0.25, 0.3) is 0 Å². The third-order valence-corrected chi connectivity index (χ3v) is 3.87. The number of aryl methyl sites for hydroxylation is 1. The quantitative estimate of drug-likeness (QED) is 0.779. The van der Waals surface area contributed by atoms with Crippen molar-refractivity contribution in [2.45, 2.75) is 24.3 Å². The van der Waals surface area contributed by atoms with Crippen LogP contribution in [0.3, 0.4) is 0 Å². The number of ether oxygens (including phenoxy) is 1. The van der Waals surface area contributed by atoms with E-state index in [0.29, 0.717) is 18.5 Å². The van der Waals surface area contributed by atoms with Crippen LogP contribution in [-0.2, 0) is 26.1 Å². The molecule has 1 aliphatic rings. The number of carbonyl (C=O) groups excluding carboxylic acids is 1. The second-order valence-corrected chi connectivity index (χ2v) is 5.92. The smallest absolute Gasteiger partial charge is 0.294 e. The molecule has 1 saturated heterocycles. The van der Waals surface area contributed by atoms with Crippen LogP contribution in [0.4, 0.5) is 0 Å². The molecule has 0 radical (unpaired) electrons. The van der Waals surface area contributed by atoms with Gasteiger partial charge in [0.2, 0.25) is 5.91 Å². The summed E-state index contributed by atoms with van der Waals surface area (Å²) in [6.45, 7) is 2.14. The van der Waals surface area contributed by atoms with E-state index in [0.717, 1.165) is 5.56 Å². The van der Waals surface area contributed by atoms with Crippen LogP contribution < -0.4 is 5.32 Å². The van der Waals surface area contributed by atoms with E-state index in [1.54, 1.807) is 12.1 Å². The van der Waals surface area contributed by atoms with Crippen LogP contribution in [0, 0.1) is 6.92 Å². The number of carbonyl (C=O) groups is 1. The molecule has 1 atom stereocenters. The second kappa shape index (κ2) is 5.28. The summed E-state index contributed by atoms with van der Waals surface area (Å²) in [6, 6.07) is 4.69. The van der Waals surface area contributed by atoms with Crippen molar-refractivity contribution in [1.29, 1.82) is 0 Å².